The van der Waals surface area contributed by atoms with E-state index in [1.165, 1.54) is 19.3 Å². The molecular weight excluding hydrogens is 1660 g/mol. The third-order valence-electron chi connectivity index (χ3n) is 6.19. The van der Waals surface area contributed by atoms with Gasteiger partial charge in [0.15, 0.2) is 0 Å². The molecule has 15 radical (unpaired) electrons. The van der Waals surface area contributed by atoms with Gasteiger partial charge in [-0.05, 0) is 11.8 Å². The zero-order valence-corrected chi connectivity index (χ0v) is 68.7. The van der Waals surface area contributed by atoms with E-state index >= 15 is 0 Å². The van der Waals surface area contributed by atoms with Crippen LogP contribution in [0.15, 0.2) is 18.2 Å². The van der Waals surface area contributed by atoms with Gasteiger partial charge in [0.05, 0.1) is 0 Å². The molecule has 2 fully saturated rings. The van der Waals surface area contributed by atoms with Gasteiger partial charge < -0.3 is 36.2 Å². The molecule has 2 saturated carbocycles. The summed E-state index contributed by atoms with van der Waals surface area (Å²) in [6, 6.07) is 0. The van der Waals surface area contributed by atoms with Crippen molar-refractivity contribution in [3.8, 4) is 0 Å². The minimum atomic E-state index is 0. The molecule has 5 atom stereocenters. The normalized spacial score (nSPS) is 19.6. The van der Waals surface area contributed by atoms with Gasteiger partial charge in [-0.2, -0.15) is 43.9 Å². The minimum absolute atomic E-state index is 0. The van der Waals surface area contributed by atoms with Crippen molar-refractivity contribution in [3.05, 3.63) is 49.3 Å². The van der Waals surface area contributed by atoms with Crippen LogP contribution in [0.25, 0.3) is 0 Å². The predicted molar refractivity (Wildman–Crippen MR) is 114 cm³/mol. The average molecular weight is 1700 g/mol. The van der Waals surface area contributed by atoms with Crippen LogP contribution >= 0.6 is 0 Å². The zero-order valence-electron chi connectivity index (χ0n) is 26.2. The van der Waals surface area contributed by atoms with E-state index in [0.29, 0.717) is 24.4 Å². The van der Waals surface area contributed by atoms with Gasteiger partial charge in [-0.1, -0.05) is 51.9 Å². The van der Waals surface area contributed by atoms with Gasteiger partial charge in [0.2, 0.25) is 0 Å². The molecule has 5 unspecified atom stereocenters. The first kappa shape index (κ1) is 97.2. The Morgan fingerprint density at radius 1 is 0.595 bits per heavy atom. The van der Waals surface area contributed by atoms with E-state index < -0.39 is 0 Å². The van der Waals surface area contributed by atoms with E-state index in [1.807, 2.05) is 0 Å². The van der Waals surface area contributed by atoms with Crippen molar-refractivity contribution in [2.45, 2.75) is 78.1 Å². The molecule has 0 aromatic carbocycles. The Balaban J connectivity index is -0.0000000436. The van der Waals surface area contributed by atoms with Crippen LogP contribution < -0.4 is 0 Å². The van der Waals surface area contributed by atoms with Gasteiger partial charge in [-0.15, -0.1) is 0 Å². The Morgan fingerprint density at radius 2 is 1.02 bits per heavy atom. The number of aliphatic hydroxyl groups is 1. The molecule has 2 rings (SSSR count). The van der Waals surface area contributed by atoms with Crippen LogP contribution in [0.1, 0.15) is 78.1 Å². The Kier molecular flexibility index (Phi) is 165. The molecule has 199 valence electrons. The minimum Gasteiger partial charge on any atom is -0.501 e. The summed E-state index contributed by atoms with van der Waals surface area (Å²) in [7, 11) is 0. The summed E-state index contributed by atoms with van der Waals surface area (Å²) in [5, 5.41) is 9.68. The molecule has 0 aromatic heterocycles. The van der Waals surface area contributed by atoms with Gasteiger partial charge >= 0.3 is 0 Å². The van der Waals surface area contributed by atoms with Crippen molar-refractivity contribution < 1.29 is 496 Å². The van der Waals surface area contributed by atoms with Gasteiger partial charge in [-0.25, -0.2) is 0 Å². The molecule has 0 aliphatic heterocycles. The van der Waals surface area contributed by atoms with E-state index in [1.54, 1.807) is 0 Å². The third kappa shape index (κ3) is 48.4. The monoisotopic (exact) mass is 1700 g/mol. The fourth-order valence-corrected chi connectivity index (χ4v) is 4.80. The van der Waals surface area contributed by atoms with Crippen LogP contribution in [0.2, 0.25) is 0 Å². The molecule has 0 aromatic rings. The fraction of sp³-hybridized carbons (Fsp3) is 0.692. The quantitative estimate of drug-likeness (QED) is 0.156. The topological polar surface area (TPSA) is 20.2 Å². The number of fused-ring (bicyclic) bond motifs is 1. The summed E-state index contributed by atoms with van der Waals surface area (Å²) in [6.45, 7) is 4.64. The van der Waals surface area contributed by atoms with E-state index in [4.69, 9.17) is 0 Å². The largest absolute Gasteiger partial charge is 0.501 e. The maximum Gasteiger partial charge on any atom is 0.0463 e. The van der Waals surface area contributed by atoms with E-state index in [-0.39, 0.29) is 491 Å². The summed E-state index contributed by atoms with van der Waals surface area (Å²) >= 11 is 0. The number of rotatable bonds is 14. The van der Waals surface area contributed by atoms with Crippen molar-refractivity contribution in [1.82, 2.24) is 0 Å². The zero-order chi connectivity index (χ0) is 19.3. The van der Waals surface area contributed by atoms with Gasteiger partial charge in [0, 0.05) is 497 Å². The van der Waals surface area contributed by atoms with E-state index in [9.17, 15) is 5.11 Å². The van der Waals surface area contributed by atoms with E-state index in [2.05, 4.69) is 63.1 Å². The summed E-state index contributed by atoms with van der Waals surface area (Å²) in [5.74, 6) is 3.49. The van der Waals surface area contributed by atoms with Crippen molar-refractivity contribution >= 4 is 0 Å². The number of aliphatic hydroxyl groups excluding tert-OH is 1. The molecule has 1 N–H and O–H groups in total. The van der Waals surface area contributed by atoms with Crippen molar-refractivity contribution in [1.29, 1.82) is 0 Å². The number of unbranched alkanes of at least 4 members (excludes halogenated alkanes) is 3. The molecule has 0 spiro atoms. The maximum absolute atomic E-state index is 9.68. The summed E-state index contributed by atoms with van der Waals surface area (Å²) < 4.78 is 0. The van der Waals surface area contributed by atoms with Gasteiger partial charge in [0.25, 0.3) is 0 Å². The standard InChI is InChI=1S/C26H39O.15Y/c1-3-5-7-9-10-11-12-14-16-18-23-22(17-15-13-8-6-4-2)19-20-24-25(21-27)26(23)24;;;;;;;;;;;;;;;/h7-8,12,17-18,22-27H,3-4,9-10,13-16,19-21H2,1-2H3;;;;;;;;;;;;;;;/q-5;;;;;;;;;;;;;;;. The molecule has 1 nitrogen and oxygen atoms in total. The van der Waals surface area contributed by atoms with Crippen LogP contribution in [0.3, 0.4) is 0 Å². The molecular formula is C26H39OY15-5. The predicted octanol–water partition coefficient (Wildman–Crippen LogP) is 6.48. The van der Waals surface area contributed by atoms with E-state index in [0.717, 1.165) is 56.8 Å². The Labute approximate surface area is 639 Å². The molecule has 0 saturated heterocycles. The fourth-order valence-electron chi connectivity index (χ4n) is 4.80. The average Bonchev–Trinajstić information content (AvgIpc) is 3.41. The van der Waals surface area contributed by atoms with Crippen LogP contribution in [0.4, 0.5) is 0 Å². The molecule has 0 bridgehead atoms. The summed E-state index contributed by atoms with van der Waals surface area (Å²) in [6.07, 6.45) is 32.9. The van der Waals surface area contributed by atoms with Crippen LogP contribution in [0, 0.1) is 60.7 Å². The second kappa shape index (κ2) is 71.3. The van der Waals surface area contributed by atoms with Crippen LogP contribution in [-0.2, 0) is 491 Å². The van der Waals surface area contributed by atoms with Crippen LogP contribution in [0.5, 0.6) is 0 Å². The molecule has 2 aliphatic rings. The second-order valence-corrected chi connectivity index (χ2v) is 8.00. The molecule has 0 heterocycles. The Bertz CT molecular complexity index is 496. The van der Waals surface area contributed by atoms with Crippen molar-refractivity contribution in [2.75, 3.05) is 6.61 Å². The Hall–Kier alpha value is 15.7. The maximum atomic E-state index is 9.68. The van der Waals surface area contributed by atoms with Gasteiger partial charge in [-0.3, -0.25) is 18.2 Å². The van der Waals surface area contributed by atoms with Crippen molar-refractivity contribution in [3.63, 3.8) is 0 Å². The first-order valence-electron chi connectivity index (χ1n) is 11.3. The molecule has 2 aliphatic carbocycles. The van der Waals surface area contributed by atoms with Crippen molar-refractivity contribution in [2.24, 2.45) is 29.6 Å². The second-order valence-electron chi connectivity index (χ2n) is 8.00. The Morgan fingerprint density at radius 3 is 1.48 bits per heavy atom. The number of allylic oxidation sites excluding steroid dienone is 6. The third-order valence-corrected chi connectivity index (χ3v) is 6.19. The van der Waals surface area contributed by atoms with Crippen LogP contribution in [-0.4, -0.2) is 11.7 Å². The summed E-state index contributed by atoms with van der Waals surface area (Å²) in [5.41, 5.74) is 0. The molecule has 0 amide bonds. The SMILES string of the molecule is CC[C-]=CCC[C-]=CCC[CH-]C1C([CH-]CCC=[C-]CC)CCC2C(CO)C12.[Y].[Y].[Y].[Y].[Y].[Y].[Y].[Y].[Y].[Y].[Y].[Y].[Y].[Y].[Y]. The van der Waals surface area contributed by atoms with Gasteiger partial charge in [0.1, 0.15) is 0 Å². The smallest absolute Gasteiger partial charge is 0.0463 e. The number of hydrogen-bond acceptors (Lipinski definition) is 1. The molecule has 16 heteroatoms. The summed E-state index contributed by atoms with van der Waals surface area (Å²) in [4.78, 5) is 0. The molecule has 42 heavy (non-hydrogen) atoms. The number of hydrogen-bond donors (Lipinski definition) is 1. The first-order valence-corrected chi connectivity index (χ1v) is 11.3. The first-order chi connectivity index (χ1) is 13.3.